The van der Waals surface area contributed by atoms with Crippen LogP contribution in [0.5, 0.6) is 17.2 Å². The fourth-order valence-electron chi connectivity index (χ4n) is 4.33. The second-order valence-corrected chi connectivity index (χ2v) is 17.0. The molecule has 0 aliphatic carbocycles. The van der Waals surface area contributed by atoms with Crippen molar-refractivity contribution in [3.05, 3.63) is 113 Å². The van der Waals surface area contributed by atoms with Gasteiger partial charge in [-0.2, -0.15) is 0 Å². The van der Waals surface area contributed by atoms with Crippen LogP contribution in [0.15, 0.2) is 95.9 Å². The van der Waals surface area contributed by atoms with E-state index in [1.54, 1.807) is 6.07 Å². The van der Waals surface area contributed by atoms with Crippen molar-refractivity contribution in [1.82, 2.24) is 8.43 Å². The van der Waals surface area contributed by atoms with Gasteiger partial charge in [-0.05, 0) is 12.1 Å². The van der Waals surface area contributed by atoms with Gasteiger partial charge in [-0.3, -0.25) is 0 Å². The van der Waals surface area contributed by atoms with Crippen molar-refractivity contribution < 1.29 is 36.9 Å². The molecule has 39 heavy (non-hydrogen) atoms. The fraction of sp³-hybridized carbons (Fsp3) is 0.103. The molecule has 3 heterocycles. The van der Waals surface area contributed by atoms with E-state index in [-0.39, 0.29) is 59.1 Å². The molecule has 0 saturated heterocycles. The number of ether oxygens (including phenoxy) is 2. The van der Waals surface area contributed by atoms with Crippen molar-refractivity contribution in [2.75, 3.05) is 12.1 Å². The summed E-state index contributed by atoms with van der Waals surface area (Å²) in [5, 5.41) is 17.0. The van der Waals surface area contributed by atoms with Crippen LogP contribution in [-0.2, 0) is 17.8 Å². The molecule has 3 aliphatic heterocycles. The SMILES string of the molecule is [B]C1=C2C=C(c3ccccc3O)C=C(NCc3ccc(NC(=O)Cc4ccc5c(c4)OCO5)cc3)N2[I-]I=C1. The molecular formula is C29H23BI2N3O4-. The molecule has 0 atom stereocenters. The topological polar surface area (TPSA) is 83.1 Å². The minimum atomic E-state index is -0.183. The molecule has 3 aromatic carbocycles. The molecule has 0 unspecified atom stereocenters. The molecule has 0 fully saturated rings. The number of para-hydroxylation sites is 1. The third-order valence-corrected chi connectivity index (χ3v) is 14.2. The Morgan fingerprint density at radius 2 is 1.82 bits per heavy atom. The molecule has 3 N–H and O–H groups in total. The molecule has 6 rings (SSSR count). The summed E-state index contributed by atoms with van der Waals surface area (Å²) in [6.45, 7) is 0.824. The van der Waals surface area contributed by atoms with Gasteiger partial charge in [0.05, 0.1) is 0 Å². The zero-order valence-corrected chi connectivity index (χ0v) is 25.0. The summed E-state index contributed by atoms with van der Waals surface area (Å²) in [5.41, 5.74) is 6.18. The van der Waals surface area contributed by atoms with Crippen LogP contribution in [0.4, 0.5) is 5.69 Å². The summed E-state index contributed by atoms with van der Waals surface area (Å²) in [5.74, 6) is 2.52. The van der Waals surface area contributed by atoms with Crippen LogP contribution in [0.3, 0.4) is 0 Å². The maximum absolute atomic E-state index is 12.6. The first-order valence-corrected chi connectivity index (χ1v) is 20.7. The van der Waals surface area contributed by atoms with Crippen LogP contribution in [0.25, 0.3) is 5.57 Å². The van der Waals surface area contributed by atoms with E-state index in [2.05, 4.69) is 29.9 Å². The first-order chi connectivity index (χ1) is 19.0. The van der Waals surface area contributed by atoms with E-state index in [1.165, 1.54) is 0 Å². The number of carbonyl (C=O) groups excluding carboxylic acids is 1. The van der Waals surface area contributed by atoms with Crippen LogP contribution in [0.2, 0.25) is 0 Å². The van der Waals surface area contributed by atoms with Crippen molar-refractivity contribution in [3.8, 4) is 17.2 Å². The van der Waals surface area contributed by atoms with E-state index in [0.29, 0.717) is 18.0 Å². The first-order valence-electron chi connectivity index (χ1n) is 12.2. The van der Waals surface area contributed by atoms with Crippen molar-refractivity contribution in [3.63, 3.8) is 0 Å². The summed E-state index contributed by atoms with van der Waals surface area (Å²) in [4.78, 5) is 12.6. The van der Waals surface area contributed by atoms with E-state index in [9.17, 15) is 9.90 Å². The number of rotatable bonds is 7. The average molecular weight is 742 g/mol. The Balaban J connectivity index is 1.12. The van der Waals surface area contributed by atoms with Gasteiger partial charge in [0.2, 0.25) is 6.79 Å². The number of fused-ring (bicyclic) bond motifs is 2. The van der Waals surface area contributed by atoms with Gasteiger partial charge in [0, 0.05) is 0 Å². The third kappa shape index (κ3) is 5.86. The molecule has 3 aromatic rings. The normalized spacial score (nSPS) is 15.8. The van der Waals surface area contributed by atoms with Crippen molar-refractivity contribution in [2.24, 2.45) is 0 Å². The van der Waals surface area contributed by atoms with E-state index in [4.69, 9.17) is 17.3 Å². The van der Waals surface area contributed by atoms with Crippen LogP contribution in [0, 0.1) is 0 Å². The van der Waals surface area contributed by atoms with E-state index in [0.717, 1.165) is 44.9 Å². The van der Waals surface area contributed by atoms with E-state index < -0.39 is 0 Å². The standard InChI is InChI=1S/C29H23BI2N3O4/c30-23-15-31-32-35-24(23)13-20(22-3-1-2-4-25(22)36)14-28(35)33-16-18-5-8-21(9-6-18)34-29(37)12-19-7-10-26-27(11-19)39-17-38-26/h1-11,13-15,33,36H,12,16-17H2,(H,34,37)/q-1. The fourth-order valence-corrected chi connectivity index (χ4v) is 12.8. The second-order valence-electron chi connectivity index (χ2n) is 8.99. The van der Waals surface area contributed by atoms with Crippen molar-refractivity contribution >= 4 is 45.8 Å². The third-order valence-electron chi connectivity index (χ3n) is 6.29. The van der Waals surface area contributed by atoms with E-state index >= 15 is 0 Å². The Bertz CT molecular complexity index is 1570. The average Bonchev–Trinajstić information content (AvgIpc) is 3.41. The Labute approximate surface area is 244 Å². The molecule has 7 nitrogen and oxygen atoms in total. The van der Waals surface area contributed by atoms with Crippen molar-refractivity contribution in [1.29, 1.82) is 0 Å². The van der Waals surface area contributed by atoms with Gasteiger partial charge in [-0.15, -0.1) is 0 Å². The zero-order valence-electron chi connectivity index (χ0n) is 20.7. The molecule has 10 heteroatoms. The summed E-state index contributed by atoms with van der Waals surface area (Å²) >= 11 is -0.244. The van der Waals surface area contributed by atoms with Gasteiger partial charge < -0.3 is 9.47 Å². The Hall–Kier alpha value is -3.26. The first kappa shape index (κ1) is 26.0. The van der Waals surface area contributed by atoms with Gasteiger partial charge in [-0.1, -0.05) is 6.07 Å². The number of hydrogen-bond donors (Lipinski definition) is 3. The number of phenols is 1. The number of halogens is 2. The zero-order chi connectivity index (χ0) is 26.8. The van der Waals surface area contributed by atoms with Gasteiger partial charge in [0.1, 0.15) is 0 Å². The summed E-state index contributed by atoms with van der Waals surface area (Å²) in [7, 11) is 6.39. The van der Waals surface area contributed by atoms with Crippen LogP contribution in [0.1, 0.15) is 16.7 Å². The molecule has 196 valence electrons. The van der Waals surface area contributed by atoms with Crippen LogP contribution >= 0.6 is 16.8 Å². The number of aromatic hydroxyl groups is 1. The number of anilines is 1. The minimum absolute atomic E-state index is 0.0603. The molecule has 0 aromatic heterocycles. The molecule has 2 radical (unpaired) electrons. The number of benzene rings is 3. The van der Waals surface area contributed by atoms with E-state index in [1.807, 2.05) is 60.7 Å². The predicted octanol–water partition coefficient (Wildman–Crippen LogP) is 1.72. The number of nitrogens with zero attached hydrogens (tertiary/aromatic N) is 1. The molecule has 0 bridgehead atoms. The van der Waals surface area contributed by atoms with Gasteiger partial charge in [0.25, 0.3) is 0 Å². The number of carbonyl (C=O) groups is 1. The molecule has 3 aliphatic rings. The number of phenolic OH excluding ortho intramolecular Hbond substituents is 1. The van der Waals surface area contributed by atoms with Crippen LogP contribution < -0.4 is 37.6 Å². The number of allylic oxidation sites excluding steroid dienone is 4. The molecular weight excluding hydrogens is 719 g/mol. The quantitative estimate of drug-likeness (QED) is 0.195. The molecule has 0 saturated carbocycles. The monoisotopic (exact) mass is 742 g/mol. The Morgan fingerprint density at radius 1 is 1.03 bits per heavy atom. The summed E-state index contributed by atoms with van der Waals surface area (Å²) in [6, 6.07) is 20.7. The van der Waals surface area contributed by atoms with Gasteiger partial charge in [-0.25, -0.2) is 0 Å². The Kier molecular flexibility index (Phi) is 7.64. The second kappa shape index (κ2) is 11.5. The summed E-state index contributed by atoms with van der Waals surface area (Å²) < 4.78 is 15.3. The number of hydrogen-bond acceptors (Lipinski definition) is 6. The predicted molar refractivity (Wildman–Crippen MR) is 157 cm³/mol. The summed E-state index contributed by atoms with van der Waals surface area (Å²) in [6.07, 6.45) is 4.40. The van der Waals surface area contributed by atoms with Gasteiger partial charge in [0.15, 0.2) is 11.5 Å². The Morgan fingerprint density at radius 3 is 2.67 bits per heavy atom. The molecule has 1 amide bonds. The van der Waals surface area contributed by atoms with Crippen LogP contribution in [-0.4, -0.2) is 32.8 Å². The maximum atomic E-state index is 12.6. The van der Waals surface area contributed by atoms with Crippen molar-refractivity contribution in [2.45, 2.75) is 13.0 Å². The number of nitrogens with one attached hydrogen (secondary N) is 2. The number of amides is 1. The van der Waals surface area contributed by atoms with Gasteiger partial charge >= 0.3 is 200 Å². The molecule has 0 spiro atoms.